The van der Waals surface area contributed by atoms with Crippen molar-refractivity contribution in [1.82, 2.24) is 19.5 Å². The second-order valence-corrected chi connectivity index (χ2v) is 15.8. The summed E-state index contributed by atoms with van der Waals surface area (Å²) < 4.78 is 11.3. The molecule has 254 valence electrons. The Labute approximate surface area is 313 Å². The minimum absolute atomic E-state index is 0.176. The average molecular weight is 711 g/mol. The summed E-state index contributed by atoms with van der Waals surface area (Å²) in [5, 5.41) is 7.06. The van der Waals surface area contributed by atoms with Crippen LogP contribution in [0.2, 0.25) is 0 Å². The summed E-state index contributed by atoms with van der Waals surface area (Å²) in [7, 11) is 0. The minimum atomic E-state index is -0.176. The first-order valence-corrected chi connectivity index (χ1v) is 19.1. The summed E-state index contributed by atoms with van der Waals surface area (Å²) in [5.74, 6) is 1.74. The van der Waals surface area contributed by atoms with Gasteiger partial charge >= 0.3 is 0 Å². The van der Waals surface area contributed by atoms with E-state index in [1.807, 2.05) is 47.7 Å². The van der Waals surface area contributed by atoms with Gasteiger partial charge in [0.1, 0.15) is 11.2 Å². The molecule has 0 atom stereocenters. The molecule has 11 aromatic rings. The van der Waals surface area contributed by atoms with Crippen LogP contribution in [0.25, 0.3) is 104 Å². The van der Waals surface area contributed by atoms with Gasteiger partial charge in [0.15, 0.2) is 11.6 Å². The molecule has 1 aliphatic carbocycles. The Morgan fingerprint density at radius 3 is 2.19 bits per heavy atom. The lowest BCUT2D eigenvalue weighted by Gasteiger charge is -2.21. The summed E-state index contributed by atoms with van der Waals surface area (Å²) in [6.45, 7) is 4.67. The molecule has 0 radical (unpaired) electrons. The van der Waals surface area contributed by atoms with Crippen LogP contribution in [-0.4, -0.2) is 19.5 Å². The van der Waals surface area contributed by atoms with Crippen LogP contribution in [-0.2, 0) is 5.41 Å². The number of benzene rings is 7. The predicted molar refractivity (Wildman–Crippen MR) is 223 cm³/mol. The smallest absolute Gasteiger partial charge is 0.238 e. The molecule has 4 aromatic heterocycles. The van der Waals surface area contributed by atoms with Crippen molar-refractivity contribution in [3.63, 3.8) is 0 Å². The Morgan fingerprint density at radius 2 is 1.28 bits per heavy atom. The van der Waals surface area contributed by atoms with E-state index < -0.39 is 0 Å². The van der Waals surface area contributed by atoms with Crippen LogP contribution in [0.3, 0.4) is 0 Å². The molecule has 0 aliphatic heterocycles. The first kappa shape index (κ1) is 29.9. The van der Waals surface area contributed by atoms with Gasteiger partial charge in [-0.25, -0.2) is 4.98 Å². The van der Waals surface area contributed by atoms with Crippen LogP contribution < -0.4 is 0 Å². The van der Waals surface area contributed by atoms with Crippen molar-refractivity contribution in [2.24, 2.45) is 0 Å². The first-order valence-electron chi connectivity index (χ1n) is 18.3. The van der Waals surface area contributed by atoms with Gasteiger partial charge in [0.05, 0.1) is 16.6 Å². The maximum Gasteiger partial charge on any atom is 0.238 e. The van der Waals surface area contributed by atoms with Crippen LogP contribution in [0, 0.1) is 0 Å². The maximum atomic E-state index is 6.53. The fourth-order valence-electron chi connectivity index (χ4n) is 8.92. The second-order valence-electron chi connectivity index (χ2n) is 14.8. The van der Waals surface area contributed by atoms with Crippen molar-refractivity contribution in [3.05, 3.63) is 157 Å². The standard InChI is InChI=1S/C48H30N4OS/c1-48(2)36-20-9-6-15-28(36)34-25-35-39(26-37(34)48)52(38-24-23-32-30-17-8-11-22-41(30)54-44(32)42(35)38)47-50-45(27-13-4-3-5-14-27)49-46(51-47)33-19-12-18-31-29-16-7-10-21-40(29)53-43(31)33/h3-26H,1-2H3. The van der Waals surface area contributed by atoms with Gasteiger partial charge in [0, 0.05) is 52.7 Å². The third-order valence-electron chi connectivity index (χ3n) is 11.5. The van der Waals surface area contributed by atoms with E-state index in [-0.39, 0.29) is 5.41 Å². The van der Waals surface area contributed by atoms with Crippen molar-refractivity contribution in [2.45, 2.75) is 19.3 Å². The van der Waals surface area contributed by atoms with E-state index in [4.69, 9.17) is 19.4 Å². The zero-order chi connectivity index (χ0) is 35.7. The van der Waals surface area contributed by atoms with Crippen molar-refractivity contribution in [3.8, 4) is 39.9 Å². The van der Waals surface area contributed by atoms with Crippen LogP contribution in [0.15, 0.2) is 150 Å². The molecule has 7 aromatic carbocycles. The molecular formula is C48H30N4OS. The summed E-state index contributed by atoms with van der Waals surface area (Å²) in [6, 6.07) is 51.5. The fraction of sp³-hybridized carbons (Fsp3) is 0.0625. The lowest BCUT2D eigenvalue weighted by Crippen LogP contribution is -2.15. The molecular weight excluding hydrogens is 681 g/mol. The highest BCUT2D eigenvalue weighted by molar-refractivity contribution is 7.26. The molecule has 6 heteroatoms. The van der Waals surface area contributed by atoms with E-state index in [9.17, 15) is 0 Å². The predicted octanol–water partition coefficient (Wildman–Crippen LogP) is 12.9. The lowest BCUT2D eigenvalue weighted by atomic mass is 9.82. The largest absolute Gasteiger partial charge is 0.455 e. The van der Waals surface area contributed by atoms with Gasteiger partial charge in [-0.3, -0.25) is 4.57 Å². The van der Waals surface area contributed by atoms with Gasteiger partial charge in [-0.05, 0) is 58.7 Å². The molecule has 1 aliphatic rings. The number of thiophene rings is 1. The molecule has 0 saturated carbocycles. The first-order chi connectivity index (χ1) is 26.5. The molecule has 0 N–H and O–H groups in total. The molecule has 4 heterocycles. The quantitative estimate of drug-likeness (QED) is 0.183. The maximum absolute atomic E-state index is 6.53. The van der Waals surface area contributed by atoms with E-state index in [1.54, 1.807) is 0 Å². The van der Waals surface area contributed by atoms with Crippen molar-refractivity contribution in [1.29, 1.82) is 0 Å². The van der Waals surface area contributed by atoms with E-state index in [1.165, 1.54) is 53.2 Å². The number of hydrogen-bond acceptors (Lipinski definition) is 5. The van der Waals surface area contributed by atoms with Crippen LogP contribution in [0.5, 0.6) is 0 Å². The Hall–Kier alpha value is -6.63. The topological polar surface area (TPSA) is 56.7 Å². The number of rotatable bonds is 3. The van der Waals surface area contributed by atoms with E-state index in [0.717, 1.165) is 44.1 Å². The Kier molecular flexibility index (Phi) is 5.93. The van der Waals surface area contributed by atoms with E-state index in [2.05, 4.69) is 128 Å². The molecule has 0 bridgehead atoms. The zero-order valence-corrected chi connectivity index (χ0v) is 30.3. The summed E-state index contributed by atoms with van der Waals surface area (Å²) in [5.41, 5.74) is 10.6. The number of fused-ring (bicyclic) bond motifs is 13. The average Bonchev–Trinajstić information content (AvgIpc) is 3.94. The van der Waals surface area contributed by atoms with Gasteiger partial charge in [-0.15, -0.1) is 11.3 Å². The summed E-state index contributed by atoms with van der Waals surface area (Å²) in [6.07, 6.45) is 0. The monoisotopic (exact) mass is 710 g/mol. The van der Waals surface area contributed by atoms with Crippen molar-refractivity contribution >= 4 is 75.3 Å². The van der Waals surface area contributed by atoms with Gasteiger partial charge in [0.25, 0.3) is 0 Å². The van der Waals surface area contributed by atoms with Gasteiger partial charge in [-0.2, -0.15) is 9.97 Å². The zero-order valence-electron chi connectivity index (χ0n) is 29.5. The molecule has 0 spiro atoms. The Balaban J connectivity index is 1.22. The molecule has 0 amide bonds. The number of aromatic nitrogens is 4. The molecule has 0 saturated heterocycles. The summed E-state index contributed by atoms with van der Waals surface area (Å²) >= 11 is 1.86. The fourth-order valence-corrected chi connectivity index (χ4v) is 10.2. The number of hydrogen-bond donors (Lipinski definition) is 0. The molecule has 5 nitrogen and oxygen atoms in total. The molecule has 0 unspecified atom stereocenters. The molecule has 54 heavy (non-hydrogen) atoms. The normalized spacial score (nSPS) is 13.5. The highest BCUT2D eigenvalue weighted by Crippen LogP contribution is 2.52. The van der Waals surface area contributed by atoms with Crippen LogP contribution in [0.1, 0.15) is 25.0 Å². The van der Waals surface area contributed by atoms with Gasteiger partial charge < -0.3 is 4.42 Å². The highest BCUT2D eigenvalue weighted by Gasteiger charge is 2.36. The SMILES string of the molecule is CC1(C)c2ccccc2-c2cc3c4c5sc6ccccc6c5ccc4n(-c4nc(-c5ccccc5)nc(-c5cccc6c5oc5ccccc56)n4)c3cc21. The molecule has 12 rings (SSSR count). The number of nitrogens with zero attached hydrogens (tertiary/aromatic N) is 4. The minimum Gasteiger partial charge on any atom is -0.455 e. The number of furan rings is 1. The number of para-hydroxylation sites is 2. The van der Waals surface area contributed by atoms with Gasteiger partial charge in [0.2, 0.25) is 5.95 Å². The Morgan fingerprint density at radius 1 is 0.537 bits per heavy atom. The third kappa shape index (κ3) is 4.00. The molecule has 0 fully saturated rings. The third-order valence-corrected chi connectivity index (χ3v) is 12.7. The Bertz CT molecular complexity index is 3370. The highest BCUT2D eigenvalue weighted by atomic mass is 32.1. The van der Waals surface area contributed by atoms with Crippen molar-refractivity contribution in [2.75, 3.05) is 0 Å². The summed E-state index contributed by atoms with van der Waals surface area (Å²) in [4.78, 5) is 15.8. The van der Waals surface area contributed by atoms with Crippen molar-refractivity contribution < 1.29 is 4.42 Å². The van der Waals surface area contributed by atoms with E-state index in [0.29, 0.717) is 17.6 Å². The van der Waals surface area contributed by atoms with E-state index >= 15 is 0 Å². The lowest BCUT2D eigenvalue weighted by molar-refractivity contribution is 0.661. The van der Waals surface area contributed by atoms with Gasteiger partial charge in [-0.1, -0.05) is 123 Å². The second kappa shape index (κ2) is 10.7. The van der Waals surface area contributed by atoms with Crippen LogP contribution in [0.4, 0.5) is 0 Å². The van der Waals surface area contributed by atoms with Crippen LogP contribution >= 0.6 is 11.3 Å².